The van der Waals surface area contributed by atoms with Crippen LogP contribution in [0.15, 0.2) is 53.8 Å². The van der Waals surface area contributed by atoms with Crippen LogP contribution in [-0.4, -0.2) is 41.1 Å². The lowest BCUT2D eigenvalue weighted by Gasteiger charge is -2.19. The van der Waals surface area contributed by atoms with Crippen LogP contribution >= 0.6 is 0 Å². The topological polar surface area (TPSA) is 116 Å². The van der Waals surface area contributed by atoms with Crippen molar-refractivity contribution in [2.24, 2.45) is 0 Å². The van der Waals surface area contributed by atoms with Crippen LogP contribution < -0.4 is 10.6 Å². The number of fused-ring (bicyclic) bond motifs is 1. The molecule has 0 saturated carbocycles. The minimum atomic E-state index is -0.696. The first-order chi connectivity index (χ1) is 15.3. The van der Waals surface area contributed by atoms with E-state index in [4.69, 9.17) is 14.0 Å². The summed E-state index contributed by atoms with van der Waals surface area (Å²) in [5.41, 5.74) is 1.36. The van der Waals surface area contributed by atoms with Crippen LogP contribution in [0.1, 0.15) is 26.3 Å². The molecule has 32 heavy (non-hydrogen) atoms. The predicted molar refractivity (Wildman–Crippen MR) is 120 cm³/mol. The third-order valence-corrected chi connectivity index (χ3v) is 4.29. The third kappa shape index (κ3) is 6.07. The number of pyridine rings is 1. The molecule has 0 spiro atoms. The molecule has 0 radical (unpaired) electrons. The van der Waals surface area contributed by atoms with E-state index in [1.54, 1.807) is 33.2 Å². The molecule has 0 saturated heterocycles. The Labute approximate surface area is 185 Å². The molecule has 0 bridgehead atoms. The number of carbonyl (C=O) groups is 2. The zero-order valence-corrected chi connectivity index (χ0v) is 18.3. The summed E-state index contributed by atoms with van der Waals surface area (Å²) in [4.78, 5) is 28.1. The highest BCUT2D eigenvalue weighted by Gasteiger charge is 2.21. The average Bonchev–Trinajstić information content (AvgIpc) is 3.13. The van der Waals surface area contributed by atoms with Gasteiger partial charge in [0.05, 0.1) is 0 Å². The van der Waals surface area contributed by atoms with Gasteiger partial charge in [-0.3, -0.25) is 10.3 Å². The van der Waals surface area contributed by atoms with E-state index < -0.39 is 17.8 Å². The average molecular weight is 438 g/mol. The lowest BCUT2D eigenvalue weighted by Crippen LogP contribution is -2.33. The molecular formula is C23H26N4O5. The molecule has 2 heterocycles. The highest BCUT2D eigenvalue weighted by atomic mass is 16.6. The van der Waals surface area contributed by atoms with Gasteiger partial charge in [-0.05, 0) is 44.7 Å². The van der Waals surface area contributed by atoms with Gasteiger partial charge in [0.15, 0.2) is 0 Å². The lowest BCUT2D eigenvalue weighted by molar-refractivity contribution is 0.0528. The second kappa shape index (κ2) is 9.95. The molecule has 2 amide bonds. The highest BCUT2D eigenvalue weighted by molar-refractivity contribution is 5.89. The molecular weight excluding hydrogens is 412 g/mol. The molecule has 0 fully saturated rings. The molecule has 2 aromatic heterocycles. The van der Waals surface area contributed by atoms with Gasteiger partial charge in [-0.15, -0.1) is 0 Å². The van der Waals surface area contributed by atoms with Crippen molar-refractivity contribution in [1.29, 1.82) is 0 Å². The first-order valence-corrected chi connectivity index (χ1v) is 10.1. The van der Waals surface area contributed by atoms with E-state index >= 15 is 0 Å². The van der Waals surface area contributed by atoms with Crippen molar-refractivity contribution >= 4 is 28.8 Å². The maximum atomic E-state index is 12.0. The van der Waals surface area contributed by atoms with Gasteiger partial charge >= 0.3 is 12.2 Å². The molecule has 0 aliphatic heterocycles. The van der Waals surface area contributed by atoms with Gasteiger partial charge in [0.25, 0.3) is 0 Å². The van der Waals surface area contributed by atoms with Gasteiger partial charge in [-0.25, -0.2) is 9.59 Å². The molecule has 3 rings (SSSR count). The van der Waals surface area contributed by atoms with Crippen LogP contribution in [0, 0.1) is 0 Å². The van der Waals surface area contributed by atoms with E-state index in [0.29, 0.717) is 17.7 Å². The number of hydrogen-bond acceptors (Lipinski definition) is 7. The smallest absolute Gasteiger partial charge is 0.414 e. The molecule has 0 atom stereocenters. The van der Waals surface area contributed by atoms with Gasteiger partial charge < -0.3 is 19.3 Å². The Morgan fingerprint density at radius 2 is 2.00 bits per heavy atom. The second-order valence-corrected chi connectivity index (χ2v) is 7.97. The molecule has 1 aromatic carbocycles. The molecule has 9 heteroatoms. The zero-order chi connectivity index (χ0) is 23.1. The number of carbonyl (C=O) groups excluding carboxylic acids is 2. The largest absolute Gasteiger partial charge is 0.445 e. The van der Waals surface area contributed by atoms with Crippen molar-refractivity contribution in [3.05, 3.63) is 54.9 Å². The molecule has 2 N–H and O–H groups in total. The number of anilines is 1. The van der Waals surface area contributed by atoms with Crippen LogP contribution in [0.2, 0.25) is 0 Å². The lowest BCUT2D eigenvalue weighted by atomic mass is 10.0. The summed E-state index contributed by atoms with van der Waals surface area (Å²) in [5.74, 6) is 0.148. The summed E-state index contributed by atoms with van der Waals surface area (Å²) in [6.45, 7) is 9.18. The van der Waals surface area contributed by atoms with Crippen LogP contribution in [-0.2, 0) is 15.9 Å². The number of nitrogens with zero attached hydrogens (tertiary/aromatic N) is 2. The Morgan fingerprint density at radius 1 is 1.19 bits per heavy atom. The summed E-state index contributed by atoms with van der Waals surface area (Å²) in [5, 5.41) is 11.4. The molecule has 0 aliphatic carbocycles. The number of nitrogens with one attached hydrogen (secondary N) is 2. The van der Waals surface area contributed by atoms with Crippen LogP contribution in [0.4, 0.5) is 15.5 Å². The van der Waals surface area contributed by atoms with Crippen molar-refractivity contribution in [3.63, 3.8) is 0 Å². The van der Waals surface area contributed by atoms with Crippen molar-refractivity contribution in [3.8, 4) is 11.3 Å². The molecule has 168 valence electrons. The van der Waals surface area contributed by atoms with Gasteiger partial charge in [0.1, 0.15) is 17.9 Å². The minimum Gasteiger partial charge on any atom is -0.445 e. The quantitative estimate of drug-likeness (QED) is 0.514. The van der Waals surface area contributed by atoms with E-state index in [0.717, 1.165) is 16.3 Å². The number of amides is 2. The van der Waals surface area contributed by atoms with E-state index in [1.807, 2.05) is 24.3 Å². The number of aromatic nitrogens is 2. The maximum Gasteiger partial charge on any atom is 0.414 e. The van der Waals surface area contributed by atoms with Crippen molar-refractivity contribution in [2.75, 3.05) is 18.5 Å². The van der Waals surface area contributed by atoms with Crippen molar-refractivity contribution in [1.82, 2.24) is 15.5 Å². The molecule has 9 nitrogen and oxygen atoms in total. The summed E-state index contributed by atoms with van der Waals surface area (Å²) in [6.07, 6.45) is 4.05. The van der Waals surface area contributed by atoms with Gasteiger partial charge in [-0.1, -0.05) is 29.9 Å². The predicted octanol–water partition coefficient (Wildman–Crippen LogP) is 4.69. The van der Waals surface area contributed by atoms with Gasteiger partial charge in [0, 0.05) is 35.5 Å². The normalized spacial score (nSPS) is 11.1. The fraction of sp³-hybridized carbons (Fsp3) is 0.304. The Balaban J connectivity index is 1.84. The first kappa shape index (κ1) is 22.8. The van der Waals surface area contributed by atoms with Crippen LogP contribution in [0.3, 0.4) is 0 Å². The number of ether oxygens (including phenoxy) is 2. The number of rotatable bonds is 7. The number of hydrogen-bond donors (Lipinski definition) is 2. The van der Waals surface area contributed by atoms with Crippen molar-refractivity contribution < 1.29 is 23.6 Å². The summed E-state index contributed by atoms with van der Waals surface area (Å²) in [6, 6.07) is 7.68. The monoisotopic (exact) mass is 438 g/mol. The Bertz CT molecular complexity index is 1120. The van der Waals surface area contributed by atoms with Gasteiger partial charge in [-0.2, -0.15) is 0 Å². The zero-order valence-electron chi connectivity index (χ0n) is 18.3. The second-order valence-electron chi connectivity index (χ2n) is 7.97. The Morgan fingerprint density at radius 3 is 2.75 bits per heavy atom. The summed E-state index contributed by atoms with van der Waals surface area (Å²) in [7, 11) is 0. The third-order valence-electron chi connectivity index (χ3n) is 4.29. The molecule has 0 unspecified atom stereocenters. The summed E-state index contributed by atoms with van der Waals surface area (Å²) >= 11 is 0. The van der Waals surface area contributed by atoms with E-state index in [-0.39, 0.29) is 19.0 Å². The minimum absolute atomic E-state index is 0.0566. The molecule has 3 aromatic rings. The van der Waals surface area contributed by atoms with E-state index in [9.17, 15) is 9.59 Å². The van der Waals surface area contributed by atoms with Crippen molar-refractivity contribution in [2.45, 2.75) is 32.8 Å². The molecule has 0 aliphatic rings. The fourth-order valence-electron chi connectivity index (χ4n) is 2.96. The Hall–Kier alpha value is -3.88. The standard InChI is InChI=1S/C23H26N4O5/c1-5-12-30-22(29)26-20-18(9-11-25-21(28)31-23(2,3)4)19(27-32-20)16-6-7-17-14-24-10-8-15(17)13-16/h5-8,10,13-14H,1,9,11-12H2,2-4H3,(H,25,28)(H,26,29). The number of alkyl carbamates (subject to hydrolysis) is 1. The first-order valence-electron chi connectivity index (χ1n) is 10.1. The van der Waals surface area contributed by atoms with Gasteiger partial charge in [0.2, 0.25) is 5.88 Å². The number of benzene rings is 1. The fourth-order valence-corrected chi connectivity index (χ4v) is 2.96. The SMILES string of the molecule is C=CCOC(=O)Nc1onc(-c2ccc3cnccc3c2)c1CCNC(=O)OC(C)(C)C. The maximum absolute atomic E-state index is 12.0. The Kier molecular flexibility index (Phi) is 7.09. The van der Waals surface area contributed by atoms with Crippen LogP contribution in [0.5, 0.6) is 0 Å². The van der Waals surface area contributed by atoms with Crippen LogP contribution in [0.25, 0.3) is 22.0 Å². The van der Waals surface area contributed by atoms with E-state index in [2.05, 4.69) is 27.4 Å². The summed E-state index contributed by atoms with van der Waals surface area (Å²) < 4.78 is 15.6. The van der Waals surface area contributed by atoms with E-state index in [1.165, 1.54) is 6.08 Å². The highest BCUT2D eigenvalue weighted by Crippen LogP contribution is 2.31.